The van der Waals surface area contributed by atoms with Crippen molar-refractivity contribution in [2.24, 2.45) is 7.05 Å². The molecule has 0 atom stereocenters. The summed E-state index contributed by atoms with van der Waals surface area (Å²) in [5, 5.41) is 23.0. The summed E-state index contributed by atoms with van der Waals surface area (Å²) in [7, 11) is 1.85. The Morgan fingerprint density at radius 1 is 1.36 bits per heavy atom. The van der Waals surface area contributed by atoms with E-state index in [1.165, 1.54) is 23.9 Å². The van der Waals surface area contributed by atoms with E-state index in [4.69, 9.17) is 4.52 Å². The number of non-ortho nitro benzene ring substituents is 1. The number of nitro groups is 1. The summed E-state index contributed by atoms with van der Waals surface area (Å²) in [6.07, 6.45) is 1.61. The van der Waals surface area contributed by atoms with Crippen LogP contribution in [0.1, 0.15) is 5.89 Å². The van der Waals surface area contributed by atoms with E-state index in [2.05, 4.69) is 20.3 Å². The molecule has 0 aliphatic heterocycles. The average molecular weight is 318 g/mol. The molecule has 0 spiro atoms. The summed E-state index contributed by atoms with van der Waals surface area (Å²) in [5.74, 6) is 1.30. The fourth-order valence-corrected chi connectivity index (χ4v) is 2.42. The Bertz CT molecular complexity index is 797. The van der Waals surface area contributed by atoms with Crippen molar-refractivity contribution >= 4 is 17.4 Å². The number of benzene rings is 1. The summed E-state index contributed by atoms with van der Waals surface area (Å²) in [6, 6.07) is 5.98. The molecular weight excluding hydrogens is 308 g/mol. The van der Waals surface area contributed by atoms with E-state index < -0.39 is 4.92 Å². The smallest absolute Gasteiger partial charge is 0.269 e. The highest BCUT2D eigenvalue weighted by Gasteiger charge is 2.12. The molecule has 0 bridgehead atoms. The number of aromatic nitrogens is 5. The summed E-state index contributed by atoms with van der Waals surface area (Å²) >= 11 is 1.43. The van der Waals surface area contributed by atoms with E-state index in [-0.39, 0.29) is 5.69 Å². The van der Waals surface area contributed by atoms with Gasteiger partial charge in [-0.25, -0.2) is 0 Å². The van der Waals surface area contributed by atoms with Crippen LogP contribution in [0.25, 0.3) is 11.4 Å². The standard InChI is InChI=1S/C12H10N6O3S/c1-17-7-13-15-12(17)22-6-10-14-11(16-21-10)8-2-4-9(5-3-8)18(19)20/h2-5,7H,6H2,1H3. The molecule has 0 fully saturated rings. The van der Waals surface area contributed by atoms with Gasteiger partial charge in [-0.05, 0) is 12.1 Å². The zero-order chi connectivity index (χ0) is 15.5. The van der Waals surface area contributed by atoms with Crippen molar-refractivity contribution in [3.05, 3.63) is 46.6 Å². The topological polar surface area (TPSA) is 113 Å². The molecule has 3 aromatic rings. The molecule has 0 N–H and O–H groups in total. The predicted octanol–water partition coefficient (Wildman–Crippen LogP) is 2.07. The molecule has 0 saturated carbocycles. The molecule has 22 heavy (non-hydrogen) atoms. The van der Waals surface area contributed by atoms with Crippen LogP contribution in [0.2, 0.25) is 0 Å². The van der Waals surface area contributed by atoms with Gasteiger partial charge in [-0.2, -0.15) is 4.98 Å². The Labute approximate surface area is 128 Å². The van der Waals surface area contributed by atoms with Crippen molar-refractivity contribution in [2.45, 2.75) is 10.9 Å². The van der Waals surface area contributed by atoms with Crippen LogP contribution in [-0.2, 0) is 12.8 Å². The maximum absolute atomic E-state index is 10.6. The second-order valence-corrected chi connectivity index (χ2v) is 5.27. The van der Waals surface area contributed by atoms with Gasteiger partial charge in [-0.15, -0.1) is 10.2 Å². The van der Waals surface area contributed by atoms with Gasteiger partial charge < -0.3 is 9.09 Å². The molecule has 0 radical (unpaired) electrons. The lowest BCUT2D eigenvalue weighted by Gasteiger charge is -1.95. The third kappa shape index (κ3) is 2.96. The van der Waals surface area contributed by atoms with Crippen LogP contribution in [0.15, 0.2) is 40.3 Å². The number of thioether (sulfide) groups is 1. The number of hydrogen-bond acceptors (Lipinski definition) is 8. The number of hydrogen-bond donors (Lipinski definition) is 0. The van der Waals surface area contributed by atoms with Gasteiger partial charge in [-0.3, -0.25) is 10.1 Å². The van der Waals surface area contributed by atoms with E-state index >= 15 is 0 Å². The lowest BCUT2D eigenvalue weighted by molar-refractivity contribution is -0.384. The monoisotopic (exact) mass is 318 g/mol. The molecule has 0 unspecified atom stereocenters. The molecule has 10 heteroatoms. The van der Waals surface area contributed by atoms with Crippen LogP contribution in [0.4, 0.5) is 5.69 Å². The highest BCUT2D eigenvalue weighted by Crippen LogP contribution is 2.23. The van der Waals surface area contributed by atoms with Gasteiger partial charge in [0, 0.05) is 24.7 Å². The highest BCUT2D eigenvalue weighted by atomic mass is 32.2. The molecule has 2 aromatic heterocycles. The van der Waals surface area contributed by atoms with Crippen molar-refractivity contribution in [3.63, 3.8) is 0 Å². The fourth-order valence-electron chi connectivity index (χ4n) is 1.69. The van der Waals surface area contributed by atoms with E-state index in [0.717, 1.165) is 5.16 Å². The number of nitro benzene ring substituents is 1. The summed E-state index contributed by atoms with van der Waals surface area (Å²) < 4.78 is 6.95. The molecule has 112 valence electrons. The molecule has 0 aliphatic rings. The molecule has 9 nitrogen and oxygen atoms in total. The Hall–Kier alpha value is -2.75. The Morgan fingerprint density at radius 2 is 2.14 bits per heavy atom. The number of rotatable bonds is 5. The van der Waals surface area contributed by atoms with Gasteiger partial charge in [0.05, 0.1) is 10.7 Å². The first-order chi connectivity index (χ1) is 10.6. The minimum atomic E-state index is -0.455. The van der Waals surface area contributed by atoms with E-state index in [1.807, 2.05) is 7.05 Å². The van der Waals surface area contributed by atoms with Crippen LogP contribution >= 0.6 is 11.8 Å². The van der Waals surface area contributed by atoms with E-state index in [0.29, 0.717) is 23.0 Å². The first-order valence-corrected chi connectivity index (χ1v) is 7.16. The summed E-state index contributed by atoms with van der Waals surface area (Å²) in [4.78, 5) is 14.4. The molecular formula is C12H10N6O3S. The maximum Gasteiger partial charge on any atom is 0.269 e. The second-order valence-electron chi connectivity index (χ2n) is 4.33. The van der Waals surface area contributed by atoms with Crippen molar-refractivity contribution in [3.8, 4) is 11.4 Å². The molecule has 0 saturated heterocycles. The minimum absolute atomic E-state index is 0.0188. The third-order valence-corrected chi connectivity index (χ3v) is 3.82. The zero-order valence-electron chi connectivity index (χ0n) is 11.4. The van der Waals surface area contributed by atoms with Crippen molar-refractivity contribution in [1.29, 1.82) is 0 Å². The Balaban J connectivity index is 1.70. The van der Waals surface area contributed by atoms with Crippen LogP contribution in [0, 0.1) is 10.1 Å². The minimum Gasteiger partial charge on any atom is -0.338 e. The first kappa shape index (κ1) is 14.2. The molecule has 1 aromatic carbocycles. The van der Waals surface area contributed by atoms with Crippen LogP contribution in [-0.4, -0.2) is 29.8 Å². The summed E-state index contributed by atoms with van der Waals surface area (Å²) in [5.41, 5.74) is 0.676. The largest absolute Gasteiger partial charge is 0.338 e. The second kappa shape index (κ2) is 5.93. The highest BCUT2D eigenvalue weighted by molar-refractivity contribution is 7.98. The Morgan fingerprint density at radius 3 is 2.77 bits per heavy atom. The quantitative estimate of drug-likeness (QED) is 0.399. The molecule has 0 amide bonds. The normalized spacial score (nSPS) is 10.8. The van der Waals surface area contributed by atoms with Crippen LogP contribution in [0.5, 0.6) is 0 Å². The van der Waals surface area contributed by atoms with Gasteiger partial charge in [0.15, 0.2) is 5.16 Å². The van der Waals surface area contributed by atoms with Crippen molar-refractivity contribution in [2.75, 3.05) is 0 Å². The molecule has 2 heterocycles. The first-order valence-electron chi connectivity index (χ1n) is 6.17. The predicted molar refractivity (Wildman–Crippen MR) is 77.0 cm³/mol. The number of aryl methyl sites for hydroxylation is 1. The number of nitrogens with zero attached hydrogens (tertiary/aromatic N) is 6. The summed E-state index contributed by atoms with van der Waals surface area (Å²) in [6.45, 7) is 0. The molecule has 3 rings (SSSR count). The van der Waals surface area contributed by atoms with Gasteiger partial charge in [0.2, 0.25) is 11.7 Å². The van der Waals surface area contributed by atoms with Crippen LogP contribution < -0.4 is 0 Å². The van der Waals surface area contributed by atoms with Crippen molar-refractivity contribution in [1.82, 2.24) is 24.9 Å². The fraction of sp³-hybridized carbons (Fsp3) is 0.167. The van der Waals surface area contributed by atoms with E-state index in [9.17, 15) is 10.1 Å². The lowest BCUT2D eigenvalue weighted by Crippen LogP contribution is -1.90. The maximum atomic E-state index is 10.6. The van der Waals surface area contributed by atoms with Gasteiger partial charge in [-0.1, -0.05) is 16.9 Å². The van der Waals surface area contributed by atoms with Crippen molar-refractivity contribution < 1.29 is 9.45 Å². The van der Waals surface area contributed by atoms with Gasteiger partial charge in [0.25, 0.3) is 5.69 Å². The lowest BCUT2D eigenvalue weighted by atomic mass is 10.2. The van der Waals surface area contributed by atoms with E-state index in [1.54, 1.807) is 23.0 Å². The zero-order valence-corrected chi connectivity index (χ0v) is 12.2. The average Bonchev–Trinajstić information content (AvgIpc) is 3.14. The SMILES string of the molecule is Cn1cnnc1SCc1nc(-c2ccc([N+](=O)[O-])cc2)no1. The van der Waals surface area contributed by atoms with Gasteiger partial charge in [0.1, 0.15) is 6.33 Å². The Kier molecular flexibility index (Phi) is 3.83. The third-order valence-electron chi connectivity index (χ3n) is 2.80. The van der Waals surface area contributed by atoms with Gasteiger partial charge >= 0.3 is 0 Å². The van der Waals surface area contributed by atoms with Crippen LogP contribution in [0.3, 0.4) is 0 Å². The molecule has 0 aliphatic carbocycles.